The van der Waals surface area contributed by atoms with Gasteiger partial charge in [-0.15, -0.1) is 0 Å². The lowest BCUT2D eigenvalue weighted by Gasteiger charge is -2.31. The third-order valence-corrected chi connectivity index (χ3v) is 11.3. The van der Waals surface area contributed by atoms with Crippen molar-refractivity contribution < 1.29 is 9.59 Å². The van der Waals surface area contributed by atoms with Crippen molar-refractivity contribution in [3.8, 4) is 33.4 Å². The topological polar surface area (TPSA) is 83.6 Å². The molecule has 0 saturated carbocycles. The summed E-state index contributed by atoms with van der Waals surface area (Å²) in [7, 11) is 0. The Morgan fingerprint density at radius 1 is 0.403 bits per heavy atom. The highest BCUT2D eigenvalue weighted by atomic mass is 16.1. The lowest BCUT2D eigenvalue weighted by Crippen LogP contribution is -2.27. The number of hydrogen-bond acceptors (Lipinski definition) is 6. The summed E-state index contributed by atoms with van der Waals surface area (Å²) in [5, 5.41) is 18.8. The second-order valence-electron chi connectivity index (χ2n) is 20.7. The van der Waals surface area contributed by atoms with Crippen LogP contribution in [0.5, 0.6) is 0 Å². The minimum Gasteiger partial charge on any atom is -0.289 e. The molecule has 0 saturated heterocycles. The van der Waals surface area contributed by atoms with Crippen molar-refractivity contribution in [1.82, 2.24) is 0 Å². The highest BCUT2D eigenvalue weighted by Crippen LogP contribution is 2.45. The van der Waals surface area contributed by atoms with Crippen LogP contribution in [0.4, 0.5) is 11.4 Å². The lowest BCUT2D eigenvalue weighted by atomic mass is 9.72. The molecule has 0 amide bonds. The minimum absolute atomic E-state index is 0.0917. The number of allylic oxidation sites excluding steroid dienone is 10. The Kier molecular flexibility index (Phi) is 12.7. The molecule has 0 fully saturated rings. The maximum atomic E-state index is 13.5. The molecule has 2 aliphatic carbocycles. The van der Waals surface area contributed by atoms with Crippen LogP contribution >= 0.6 is 0 Å². The minimum atomic E-state index is -0.315. The lowest BCUT2D eigenvalue weighted by molar-refractivity contribution is -0.114. The molecule has 6 nitrogen and oxygen atoms in total. The molecule has 4 aromatic carbocycles. The Bertz CT molecular complexity index is 2410. The van der Waals surface area contributed by atoms with Crippen LogP contribution in [0.2, 0.25) is 0 Å². The molecule has 0 heterocycles. The van der Waals surface area contributed by atoms with Gasteiger partial charge < -0.3 is 0 Å². The smallest absolute Gasteiger partial charge is 0.186 e. The number of benzene rings is 4. The summed E-state index contributed by atoms with van der Waals surface area (Å²) in [5.74, 6) is 0.183. The Morgan fingerprint density at radius 3 is 0.968 bits per heavy atom. The van der Waals surface area contributed by atoms with Crippen LogP contribution in [0.3, 0.4) is 0 Å². The van der Waals surface area contributed by atoms with E-state index in [1.165, 1.54) is 0 Å². The van der Waals surface area contributed by atoms with Gasteiger partial charge in [-0.25, -0.2) is 0 Å². The monoisotopic (exact) mass is 822 g/mol. The average Bonchev–Trinajstić information content (AvgIpc) is 3.18. The predicted molar refractivity (Wildman–Crippen MR) is 258 cm³/mol. The molecule has 62 heavy (non-hydrogen) atoms. The van der Waals surface area contributed by atoms with E-state index in [2.05, 4.69) is 180 Å². The first-order valence-electron chi connectivity index (χ1n) is 21.5. The molecule has 0 aliphatic heterocycles. The van der Waals surface area contributed by atoms with E-state index in [9.17, 15) is 9.59 Å². The van der Waals surface area contributed by atoms with Gasteiger partial charge in [-0.05, 0) is 140 Å². The largest absolute Gasteiger partial charge is 0.289 e. The molecule has 6 rings (SSSR count). The Morgan fingerprint density at radius 2 is 0.694 bits per heavy atom. The molecule has 0 unspecified atom stereocenters. The van der Waals surface area contributed by atoms with Gasteiger partial charge in [0.1, 0.15) is 0 Å². The van der Waals surface area contributed by atoms with Crippen LogP contribution < -0.4 is 0 Å². The van der Waals surface area contributed by atoms with Gasteiger partial charge in [-0.2, -0.15) is 20.5 Å². The number of azo groups is 2. The van der Waals surface area contributed by atoms with Crippen LogP contribution in [-0.4, -0.2) is 11.6 Å². The van der Waals surface area contributed by atoms with Crippen molar-refractivity contribution in [2.45, 2.75) is 96.9 Å². The maximum Gasteiger partial charge on any atom is 0.186 e. The van der Waals surface area contributed by atoms with Gasteiger partial charge >= 0.3 is 0 Å². The summed E-state index contributed by atoms with van der Waals surface area (Å²) in [6, 6.07) is 29.4. The fourth-order valence-corrected chi connectivity index (χ4v) is 7.76. The number of nitrogens with zero attached hydrogens (tertiary/aromatic N) is 4. The fourth-order valence-electron chi connectivity index (χ4n) is 7.76. The van der Waals surface area contributed by atoms with E-state index >= 15 is 0 Å². The fraction of sp³-hybridized carbons (Fsp3) is 0.321. The van der Waals surface area contributed by atoms with Crippen LogP contribution in [0.25, 0.3) is 33.4 Å². The van der Waals surface area contributed by atoms with Gasteiger partial charge in [-0.1, -0.05) is 144 Å². The number of aryl methyl sites for hydroxylation is 2. The van der Waals surface area contributed by atoms with Crippen molar-refractivity contribution in [1.29, 1.82) is 0 Å². The molecule has 4 aromatic rings. The average molecular weight is 823 g/mol. The van der Waals surface area contributed by atoms with E-state index in [1.54, 1.807) is 12.4 Å². The summed E-state index contributed by atoms with van der Waals surface area (Å²) < 4.78 is 0. The van der Waals surface area contributed by atoms with E-state index in [4.69, 9.17) is 10.2 Å². The highest BCUT2D eigenvalue weighted by Gasteiger charge is 2.35. The highest BCUT2D eigenvalue weighted by molar-refractivity contribution is 6.12. The molecule has 2 aliphatic rings. The van der Waals surface area contributed by atoms with Gasteiger partial charge in [0, 0.05) is 22.3 Å². The maximum absolute atomic E-state index is 13.5. The third-order valence-electron chi connectivity index (χ3n) is 11.3. The summed E-state index contributed by atoms with van der Waals surface area (Å²) in [5.41, 5.74) is 13.3. The number of carbonyl (C=O) groups is 2. The van der Waals surface area contributed by atoms with Crippen LogP contribution in [0, 0.1) is 35.5 Å². The van der Waals surface area contributed by atoms with E-state index in [-0.39, 0.29) is 33.2 Å². The van der Waals surface area contributed by atoms with Crippen LogP contribution in [-0.2, 0) is 9.59 Å². The zero-order valence-corrected chi connectivity index (χ0v) is 39.2. The molecule has 0 bridgehead atoms. The molecular weight excluding hydrogens is 761 g/mol. The van der Waals surface area contributed by atoms with Gasteiger partial charge in [-0.3, -0.25) is 9.59 Å². The van der Waals surface area contributed by atoms with E-state index in [0.29, 0.717) is 0 Å². The van der Waals surface area contributed by atoms with Gasteiger partial charge in [0.2, 0.25) is 0 Å². The number of ketones is 2. The van der Waals surface area contributed by atoms with Crippen molar-refractivity contribution in [3.05, 3.63) is 166 Å². The molecule has 0 N–H and O–H groups in total. The quantitative estimate of drug-likeness (QED) is 0.174. The molecule has 318 valence electrons. The van der Waals surface area contributed by atoms with Crippen molar-refractivity contribution in [2.75, 3.05) is 0 Å². The third kappa shape index (κ3) is 10.1. The van der Waals surface area contributed by atoms with Gasteiger partial charge in [0.25, 0.3) is 0 Å². The van der Waals surface area contributed by atoms with E-state index in [1.807, 2.05) is 36.4 Å². The first-order chi connectivity index (χ1) is 28.9. The van der Waals surface area contributed by atoms with Gasteiger partial charge in [0.15, 0.2) is 11.6 Å². The molecule has 0 aromatic heterocycles. The standard InChI is InChI=1S/C56H62N4O2/c1-35-25-43(41(39-21-17-15-18-22-39)31-49(35)59-57-33-37-27-45(53(3,4)5)51(61)46(28-37)54(6,7)8)44-26-36(2)50(32-42(44)40-23-19-16-20-24-40)60-58-34-38-29-47(55(9,10)11)52(62)48(30-38)56(12,13)14/h15-34H,1-14H3/b59-57+,60-58+. The molecule has 0 radical (unpaired) electrons. The second kappa shape index (κ2) is 17.3. The van der Waals surface area contributed by atoms with Crippen molar-refractivity contribution in [2.24, 2.45) is 42.1 Å². The van der Waals surface area contributed by atoms with Crippen molar-refractivity contribution >= 4 is 22.9 Å². The zero-order chi connectivity index (χ0) is 45.4. The first kappa shape index (κ1) is 45.4. The summed E-state index contributed by atoms with van der Waals surface area (Å²) in [4.78, 5) is 27.1. The normalized spacial score (nSPS) is 15.5. The summed E-state index contributed by atoms with van der Waals surface area (Å²) in [6.07, 6.45) is 11.3. The SMILES string of the molecule is Cc1cc(-c2cc(C)c(/N=N/C=C3C=C(C(C)(C)C)C(=O)C(C(C)(C)C)=C3)cc2-c2ccccc2)c(-c2ccccc2)cc1/N=N/C=C1C=C(C(C)(C)C)C(=O)C(C(C)(C)C)=C1. The molecule has 0 spiro atoms. The second-order valence-corrected chi connectivity index (χ2v) is 20.7. The zero-order valence-electron chi connectivity index (χ0n) is 39.2. The van der Waals surface area contributed by atoms with E-state index in [0.717, 1.165) is 89.3 Å². The summed E-state index contributed by atoms with van der Waals surface area (Å²) in [6.45, 7) is 29.0. The van der Waals surface area contributed by atoms with Crippen LogP contribution in [0.1, 0.15) is 94.2 Å². The molecule has 6 heteroatoms. The number of carbonyl (C=O) groups excluding carboxylic acids is 2. The predicted octanol–water partition coefficient (Wildman–Crippen LogP) is 16.3. The Balaban J connectivity index is 1.46. The van der Waals surface area contributed by atoms with Crippen LogP contribution in [0.15, 0.2) is 176 Å². The van der Waals surface area contributed by atoms with Gasteiger partial charge in [0.05, 0.1) is 23.8 Å². The summed E-state index contributed by atoms with van der Waals surface area (Å²) >= 11 is 0. The Labute approximate surface area is 369 Å². The van der Waals surface area contributed by atoms with Crippen molar-refractivity contribution in [3.63, 3.8) is 0 Å². The number of rotatable bonds is 7. The molecular formula is C56H62N4O2. The number of hydrogen-bond donors (Lipinski definition) is 0. The Hall–Kier alpha value is -6.14. The first-order valence-corrected chi connectivity index (χ1v) is 21.5. The number of Topliss-reactive ketones (excluding diaryl/α,β-unsaturated/α-hetero) is 2. The molecule has 0 atom stereocenters. The van der Waals surface area contributed by atoms with E-state index < -0.39 is 0 Å².